The Labute approximate surface area is 174 Å². The van der Waals surface area contributed by atoms with E-state index in [1.807, 2.05) is 37.4 Å². The third-order valence-corrected chi connectivity index (χ3v) is 5.43. The topological polar surface area (TPSA) is 45.2 Å². The van der Waals surface area contributed by atoms with Gasteiger partial charge in [-0.2, -0.15) is 0 Å². The van der Waals surface area contributed by atoms with E-state index >= 15 is 0 Å². The van der Waals surface area contributed by atoms with Crippen LogP contribution in [0.25, 0.3) is 0 Å². The lowest BCUT2D eigenvalue weighted by molar-refractivity contribution is 0.0407. The van der Waals surface area contributed by atoms with Crippen LogP contribution in [0.5, 0.6) is 5.75 Å². The standard InChI is InChI=1S/C24H34N2O3/c1-25(16-20-6-4-3-5-7-20)18-23(27)19-29-24-10-8-21(9-11-24)17-26(2)22-12-14-28-15-13-22/h3-11,22-23,27H,12-19H2,1-2H3. The zero-order chi connectivity index (χ0) is 20.5. The zero-order valence-corrected chi connectivity index (χ0v) is 17.7. The Morgan fingerprint density at radius 1 is 0.966 bits per heavy atom. The molecular weight excluding hydrogens is 364 g/mol. The third kappa shape index (κ3) is 7.44. The molecule has 2 aromatic carbocycles. The number of hydrogen-bond donors (Lipinski definition) is 1. The van der Waals surface area contributed by atoms with E-state index in [0.29, 0.717) is 19.2 Å². The molecule has 0 amide bonds. The Balaban J connectivity index is 1.38. The van der Waals surface area contributed by atoms with Gasteiger partial charge in [0.15, 0.2) is 0 Å². The van der Waals surface area contributed by atoms with Gasteiger partial charge in [-0.05, 0) is 50.2 Å². The van der Waals surface area contributed by atoms with E-state index in [4.69, 9.17) is 9.47 Å². The van der Waals surface area contributed by atoms with Crippen LogP contribution in [0.2, 0.25) is 0 Å². The summed E-state index contributed by atoms with van der Waals surface area (Å²) >= 11 is 0. The highest BCUT2D eigenvalue weighted by molar-refractivity contribution is 5.27. The van der Waals surface area contributed by atoms with Crippen LogP contribution in [0.3, 0.4) is 0 Å². The number of hydrogen-bond acceptors (Lipinski definition) is 5. The van der Waals surface area contributed by atoms with Gasteiger partial charge in [-0.3, -0.25) is 9.80 Å². The van der Waals surface area contributed by atoms with Crippen molar-refractivity contribution >= 4 is 0 Å². The van der Waals surface area contributed by atoms with Gasteiger partial charge in [-0.15, -0.1) is 0 Å². The number of nitrogens with zero attached hydrogens (tertiary/aromatic N) is 2. The molecule has 1 aliphatic heterocycles. The van der Waals surface area contributed by atoms with Crippen molar-refractivity contribution in [3.8, 4) is 5.75 Å². The van der Waals surface area contributed by atoms with Crippen molar-refractivity contribution in [2.75, 3.05) is 40.5 Å². The van der Waals surface area contributed by atoms with Crippen molar-refractivity contribution in [2.45, 2.75) is 38.1 Å². The summed E-state index contributed by atoms with van der Waals surface area (Å²) < 4.78 is 11.2. The van der Waals surface area contributed by atoms with E-state index in [0.717, 1.165) is 44.9 Å². The maximum Gasteiger partial charge on any atom is 0.119 e. The molecule has 0 saturated carbocycles. The van der Waals surface area contributed by atoms with E-state index in [-0.39, 0.29) is 0 Å². The molecule has 1 atom stereocenters. The van der Waals surface area contributed by atoms with E-state index in [1.165, 1.54) is 11.1 Å². The molecule has 0 spiro atoms. The molecule has 0 aliphatic carbocycles. The van der Waals surface area contributed by atoms with Gasteiger partial charge < -0.3 is 14.6 Å². The summed E-state index contributed by atoms with van der Waals surface area (Å²) in [5, 5.41) is 10.3. The molecule has 1 N–H and O–H groups in total. The first kappa shape index (κ1) is 21.8. The lowest BCUT2D eigenvalue weighted by Gasteiger charge is -2.31. The average Bonchev–Trinajstić information content (AvgIpc) is 2.74. The molecule has 5 nitrogen and oxygen atoms in total. The third-order valence-electron chi connectivity index (χ3n) is 5.43. The Morgan fingerprint density at radius 3 is 2.31 bits per heavy atom. The summed E-state index contributed by atoms with van der Waals surface area (Å²) in [6.45, 7) is 4.34. The van der Waals surface area contributed by atoms with Gasteiger partial charge in [0, 0.05) is 38.9 Å². The molecule has 1 heterocycles. The summed E-state index contributed by atoms with van der Waals surface area (Å²) in [5.74, 6) is 0.798. The second-order valence-corrected chi connectivity index (χ2v) is 8.05. The summed E-state index contributed by atoms with van der Waals surface area (Å²) in [7, 11) is 4.20. The number of benzene rings is 2. The van der Waals surface area contributed by atoms with Crippen molar-refractivity contribution in [2.24, 2.45) is 0 Å². The fourth-order valence-corrected chi connectivity index (χ4v) is 3.80. The van der Waals surface area contributed by atoms with Crippen LogP contribution in [0.15, 0.2) is 54.6 Å². The molecule has 0 aromatic heterocycles. The number of likely N-dealkylation sites (N-methyl/N-ethyl adjacent to an activating group) is 1. The van der Waals surface area contributed by atoms with Crippen molar-refractivity contribution in [1.82, 2.24) is 9.80 Å². The first-order chi connectivity index (χ1) is 14.1. The summed E-state index contributed by atoms with van der Waals surface area (Å²) in [6, 6.07) is 19.1. The average molecular weight is 399 g/mol. The minimum Gasteiger partial charge on any atom is -0.491 e. The molecule has 0 radical (unpaired) electrons. The quantitative estimate of drug-likeness (QED) is 0.666. The van der Waals surface area contributed by atoms with E-state index in [9.17, 15) is 5.11 Å². The molecule has 2 aromatic rings. The summed E-state index contributed by atoms with van der Waals surface area (Å²) in [5.41, 5.74) is 2.51. The van der Waals surface area contributed by atoms with Crippen LogP contribution < -0.4 is 4.74 Å². The molecule has 0 bridgehead atoms. The monoisotopic (exact) mass is 398 g/mol. The van der Waals surface area contributed by atoms with Gasteiger partial charge in [0.2, 0.25) is 0 Å². The van der Waals surface area contributed by atoms with Crippen molar-refractivity contribution in [1.29, 1.82) is 0 Å². The number of aliphatic hydroxyl groups excluding tert-OH is 1. The first-order valence-corrected chi connectivity index (χ1v) is 10.5. The predicted octanol–water partition coefficient (Wildman–Crippen LogP) is 3.17. The van der Waals surface area contributed by atoms with E-state index < -0.39 is 6.10 Å². The van der Waals surface area contributed by atoms with Gasteiger partial charge in [-0.25, -0.2) is 0 Å². The van der Waals surface area contributed by atoms with Gasteiger partial charge in [0.1, 0.15) is 18.5 Å². The zero-order valence-electron chi connectivity index (χ0n) is 17.7. The second kappa shape index (κ2) is 11.3. The fraction of sp³-hybridized carbons (Fsp3) is 0.500. The molecule has 29 heavy (non-hydrogen) atoms. The molecule has 1 saturated heterocycles. The van der Waals surface area contributed by atoms with Crippen LogP contribution in [-0.2, 0) is 17.8 Å². The SMILES string of the molecule is CN(Cc1ccccc1)CC(O)COc1ccc(CN(C)C2CCOCC2)cc1. The van der Waals surface area contributed by atoms with Crippen LogP contribution in [0.4, 0.5) is 0 Å². The molecule has 1 fully saturated rings. The Bertz CT molecular complexity index is 702. The predicted molar refractivity (Wildman–Crippen MR) is 116 cm³/mol. The Kier molecular flexibility index (Phi) is 8.50. The number of aliphatic hydroxyl groups is 1. The minimum absolute atomic E-state index is 0.292. The lowest BCUT2D eigenvalue weighted by Crippen LogP contribution is -2.36. The Hall–Kier alpha value is -1.92. The Morgan fingerprint density at radius 2 is 1.62 bits per heavy atom. The normalized spacial score (nSPS) is 16.3. The molecule has 1 unspecified atom stereocenters. The maximum absolute atomic E-state index is 10.3. The lowest BCUT2D eigenvalue weighted by atomic mass is 10.1. The molecular formula is C24H34N2O3. The first-order valence-electron chi connectivity index (χ1n) is 10.5. The highest BCUT2D eigenvalue weighted by Gasteiger charge is 2.18. The largest absolute Gasteiger partial charge is 0.491 e. The van der Waals surface area contributed by atoms with E-state index in [2.05, 4.69) is 41.1 Å². The maximum atomic E-state index is 10.3. The highest BCUT2D eigenvalue weighted by Crippen LogP contribution is 2.18. The minimum atomic E-state index is -0.525. The van der Waals surface area contributed by atoms with Crippen molar-refractivity contribution in [3.05, 3.63) is 65.7 Å². The van der Waals surface area contributed by atoms with Crippen molar-refractivity contribution < 1.29 is 14.6 Å². The van der Waals surface area contributed by atoms with Crippen LogP contribution >= 0.6 is 0 Å². The smallest absolute Gasteiger partial charge is 0.119 e. The highest BCUT2D eigenvalue weighted by atomic mass is 16.5. The summed E-state index contributed by atoms with van der Waals surface area (Å²) in [6.07, 6.45) is 1.69. The van der Waals surface area contributed by atoms with Crippen LogP contribution in [0, 0.1) is 0 Å². The molecule has 5 heteroatoms. The fourth-order valence-electron chi connectivity index (χ4n) is 3.80. The van der Waals surface area contributed by atoms with Crippen LogP contribution in [0.1, 0.15) is 24.0 Å². The second-order valence-electron chi connectivity index (χ2n) is 8.05. The number of ether oxygens (including phenoxy) is 2. The van der Waals surface area contributed by atoms with Gasteiger partial charge in [-0.1, -0.05) is 42.5 Å². The van der Waals surface area contributed by atoms with E-state index in [1.54, 1.807) is 0 Å². The molecule has 1 aliphatic rings. The number of rotatable bonds is 10. The molecule has 158 valence electrons. The van der Waals surface area contributed by atoms with Crippen molar-refractivity contribution in [3.63, 3.8) is 0 Å². The van der Waals surface area contributed by atoms with Crippen LogP contribution in [-0.4, -0.2) is 67.5 Å². The summed E-state index contributed by atoms with van der Waals surface area (Å²) in [4.78, 5) is 4.52. The van der Waals surface area contributed by atoms with Gasteiger partial charge in [0.25, 0.3) is 0 Å². The van der Waals surface area contributed by atoms with Gasteiger partial charge >= 0.3 is 0 Å². The van der Waals surface area contributed by atoms with Gasteiger partial charge in [0.05, 0.1) is 0 Å². The molecule has 3 rings (SSSR count).